The monoisotopic (exact) mass is 253 g/mol. The number of halogens is 2. The molecule has 0 unspecified atom stereocenters. The third-order valence-electron chi connectivity index (χ3n) is 1.39. The fourth-order valence-corrected chi connectivity index (χ4v) is 0.738. The molecule has 0 aromatic heterocycles. The Kier molecular flexibility index (Phi) is 4.87. The summed E-state index contributed by atoms with van der Waals surface area (Å²) in [6.07, 6.45) is 0. The first-order valence-electron chi connectivity index (χ1n) is 3.57. The van der Waals surface area contributed by atoms with E-state index in [-0.39, 0.29) is 5.91 Å². The van der Waals surface area contributed by atoms with Crippen LogP contribution in [0.2, 0.25) is 0 Å². The zero-order valence-corrected chi connectivity index (χ0v) is 9.63. The van der Waals surface area contributed by atoms with Crippen molar-refractivity contribution in [2.75, 3.05) is 12.4 Å². The highest BCUT2D eigenvalue weighted by Crippen LogP contribution is 2.16. The van der Waals surface area contributed by atoms with Crippen LogP contribution in [0.1, 0.15) is 13.8 Å². The molecule has 0 spiro atoms. The molecule has 0 aliphatic heterocycles. The van der Waals surface area contributed by atoms with Crippen molar-refractivity contribution >= 4 is 33.4 Å². The van der Waals surface area contributed by atoms with Crippen LogP contribution in [0.4, 0.5) is 0 Å². The van der Waals surface area contributed by atoms with Crippen molar-refractivity contribution in [1.29, 1.82) is 0 Å². The molecule has 70 valence electrons. The maximum Gasteiger partial charge on any atom is 0.227 e. The van der Waals surface area contributed by atoms with Crippen molar-refractivity contribution < 1.29 is 4.79 Å². The number of hydrogen-bond donors (Lipinski definition) is 1. The number of carbonyl (C=O) groups is 1. The van der Waals surface area contributed by atoms with Gasteiger partial charge in [0.2, 0.25) is 5.91 Å². The van der Waals surface area contributed by atoms with Crippen molar-refractivity contribution in [1.82, 2.24) is 5.32 Å². The van der Waals surface area contributed by atoms with E-state index in [1.54, 1.807) is 13.8 Å². The molecule has 0 atom stereocenters. The van der Waals surface area contributed by atoms with E-state index in [9.17, 15) is 4.79 Å². The highest BCUT2D eigenvalue weighted by Gasteiger charge is 2.25. The molecule has 0 heterocycles. The van der Waals surface area contributed by atoms with Gasteiger partial charge < -0.3 is 5.32 Å². The van der Waals surface area contributed by atoms with Crippen LogP contribution in [0.15, 0.2) is 11.1 Å². The minimum atomic E-state index is -0.510. The number of amides is 1. The molecule has 0 rings (SSSR count). The van der Waals surface area contributed by atoms with Crippen LogP contribution in [0.25, 0.3) is 0 Å². The maximum atomic E-state index is 11.3. The lowest BCUT2D eigenvalue weighted by Gasteiger charge is -2.19. The Hall–Kier alpha value is -0.0200. The van der Waals surface area contributed by atoms with Gasteiger partial charge in [0, 0.05) is 16.9 Å². The molecule has 0 aliphatic carbocycles. The SMILES string of the molecule is C=C(Br)CNC(=O)C(C)(C)CCl. The summed E-state index contributed by atoms with van der Waals surface area (Å²) in [5.41, 5.74) is -0.510. The zero-order valence-electron chi connectivity index (χ0n) is 7.29. The van der Waals surface area contributed by atoms with Gasteiger partial charge in [0.1, 0.15) is 0 Å². The first-order chi connectivity index (χ1) is 5.40. The maximum absolute atomic E-state index is 11.3. The Balaban J connectivity index is 3.96. The molecular formula is C8H13BrClNO. The van der Waals surface area contributed by atoms with Crippen molar-refractivity contribution in [3.05, 3.63) is 11.1 Å². The van der Waals surface area contributed by atoms with E-state index in [2.05, 4.69) is 27.8 Å². The standard InChI is InChI=1S/C8H13BrClNO/c1-6(9)4-11-7(12)8(2,3)5-10/h1,4-5H2,2-3H3,(H,11,12). The van der Waals surface area contributed by atoms with Gasteiger partial charge in [0.05, 0.1) is 5.41 Å². The lowest BCUT2D eigenvalue weighted by Crippen LogP contribution is -2.38. The first-order valence-corrected chi connectivity index (χ1v) is 4.90. The van der Waals surface area contributed by atoms with Crippen LogP contribution in [-0.2, 0) is 4.79 Å². The third-order valence-corrected chi connectivity index (χ3v) is 2.34. The van der Waals surface area contributed by atoms with E-state index >= 15 is 0 Å². The van der Waals surface area contributed by atoms with Crippen molar-refractivity contribution in [2.24, 2.45) is 5.41 Å². The van der Waals surface area contributed by atoms with Gasteiger partial charge in [-0.25, -0.2) is 0 Å². The summed E-state index contributed by atoms with van der Waals surface area (Å²) < 4.78 is 0.751. The quantitative estimate of drug-likeness (QED) is 0.766. The molecule has 1 amide bonds. The highest BCUT2D eigenvalue weighted by molar-refractivity contribution is 9.11. The largest absolute Gasteiger partial charge is 0.351 e. The van der Waals surface area contributed by atoms with Gasteiger partial charge in [-0.3, -0.25) is 4.79 Å². The minimum Gasteiger partial charge on any atom is -0.351 e. The lowest BCUT2D eigenvalue weighted by molar-refractivity contribution is -0.128. The van der Waals surface area contributed by atoms with Crippen molar-refractivity contribution in [3.63, 3.8) is 0 Å². The van der Waals surface area contributed by atoms with Crippen LogP contribution < -0.4 is 5.32 Å². The number of nitrogens with one attached hydrogen (secondary N) is 1. The Labute approximate surface area is 86.5 Å². The fraction of sp³-hybridized carbons (Fsp3) is 0.625. The number of hydrogen-bond acceptors (Lipinski definition) is 1. The lowest BCUT2D eigenvalue weighted by atomic mass is 9.95. The minimum absolute atomic E-state index is 0.0573. The summed E-state index contributed by atoms with van der Waals surface area (Å²) in [6, 6.07) is 0. The summed E-state index contributed by atoms with van der Waals surface area (Å²) in [5, 5.41) is 2.70. The predicted molar refractivity (Wildman–Crippen MR) is 55.6 cm³/mol. The Morgan fingerprint density at radius 3 is 2.50 bits per heavy atom. The van der Waals surface area contributed by atoms with E-state index in [0.29, 0.717) is 12.4 Å². The van der Waals surface area contributed by atoms with Crippen molar-refractivity contribution in [3.8, 4) is 0 Å². The van der Waals surface area contributed by atoms with E-state index in [1.165, 1.54) is 0 Å². The average Bonchev–Trinajstić information content (AvgIpc) is 2.00. The molecule has 0 fully saturated rings. The van der Waals surface area contributed by atoms with Crippen LogP contribution >= 0.6 is 27.5 Å². The second-order valence-corrected chi connectivity index (χ2v) is 4.61. The molecule has 12 heavy (non-hydrogen) atoms. The summed E-state index contributed by atoms with van der Waals surface area (Å²) >= 11 is 8.76. The Morgan fingerprint density at radius 1 is 1.67 bits per heavy atom. The molecular weight excluding hydrogens is 241 g/mol. The first kappa shape index (κ1) is 12.0. The smallest absolute Gasteiger partial charge is 0.227 e. The van der Waals surface area contributed by atoms with E-state index < -0.39 is 5.41 Å². The highest BCUT2D eigenvalue weighted by atomic mass is 79.9. The van der Waals surface area contributed by atoms with Crippen LogP contribution in [0, 0.1) is 5.41 Å². The molecule has 0 aliphatic rings. The molecule has 4 heteroatoms. The normalized spacial score (nSPS) is 11.0. The van der Waals surface area contributed by atoms with Gasteiger partial charge in [-0.1, -0.05) is 22.5 Å². The van der Waals surface area contributed by atoms with E-state index in [4.69, 9.17) is 11.6 Å². The molecule has 0 bridgehead atoms. The second-order valence-electron chi connectivity index (χ2n) is 3.22. The second kappa shape index (κ2) is 4.87. The molecule has 0 radical (unpaired) electrons. The summed E-state index contributed by atoms with van der Waals surface area (Å²) in [7, 11) is 0. The molecule has 0 aromatic rings. The van der Waals surface area contributed by atoms with Crippen LogP contribution in [0.3, 0.4) is 0 Å². The Morgan fingerprint density at radius 2 is 2.17 bits per heavy atom. The molecule has 0 saturated heterocycles. The number of carbonyl (C=O) groups excluding carboxylic acids is 1. The molecule has 0 aromatic carbocycles. The molecule has 0 saturated carbocycles. The van der Waals surface area contributed by atoms with Gasteiger partial charge in [-0.2, -0.15) is 0 Å². The van der Waals surface area contributed by atoms with Crippen LogP contribution in [0.5, 0.6) is 0 Å². The van der Waals surface area contributed by atoms with Crippen molar-refractivity contribution in [2.45, 2.75) is 13.8 Å². The third kappa shape index (κ3) is 4.12. The number of alkyl halides is 1. The van der Waals surface area contributed by atoms with Gasteiger partial charge >= 0.3 is 0 Å². The predicted octanol–water partition coefficient (Wildman–Crippen LogP) is 2.28. The number of rotatable bonds is 4. The van der Waals surface area contributed by atoms with Gasteiger partial charge in [-0.15, -0.1) is 11.6 Å². The summed E-state index contributed by atoms with van der Waals surface area (Å²) in [4.78, 5) is 11.3. The summed E-state index contributed by atoms with van der Waals surface area (Å²) in [6.45, 7) is 7.64. The molecule has 1 N–H and O–H groups in total. The zero-order chi connectivity index (χ0) is 9.78. The van der Waals surface area contributed by atoms with Gasteiger partial charge in [0.15, 0.2) is 0 Å². The van der Waals surface area contributed by atoms with Crippen LogP contribution in [-0.4, -0.2) is 18.3 Å². The topological polar surface area (TPSA) is 29.1 Å². The van der Waals surface area contributed by atoms with E-state index in [0.717, 1.165) is 4.48 Å². The van der Waals surface area contributed by atoms with Gasteiger partial charge in [0.25, 0.3) is 0 Å². The van der Waals surface area contributed by atoms with Gasteiger partial charge in [-0.05, 0) is 13.8 Å². The molecule has 2 nitrogen and oxygen atoms in total. The summed E-state index contributed by atoms with van der Waals surface area (Å²) in [5.74, 6) is 0.256. The fourth-order valence-electron chi connectivity index (χ4n) is 0.476. The Bertz CT molecular complexity index is 191. The van der Waals surface area contributed by atoms with E-state index in [1.807, 2.05) is 0 Å². The average molecular weight is 255 g/mol.